The van der Waals surface area contributed by atoms with E-state index in [1.165, 1.54) is 11.9 Å². The second-order valence-electron chi connectivity index (χ2n) is 7.31. The van der Waals surface area contributed by atoms with Crippen molar-refractivity contribution in [1.29, 1.82) is 0 Å². The molecular weight excluding hydrogens is 378 g/mol. The Morgan fingerprint density at radius 1 is 0.867 bits per heavy atom. The van der Waals surface area contributed by atoms with Crippen LogP contribution in [0.2, 0.25) is 0 Å². The Labute approximate surface area is 175 Å². The van der Waals surface area contributed by atoms with Gasteiger partial charge in [0.15, 0.2) is 0 Å². The number of aryl methyl sites for hydroxylation is 2. The maximum absolute atomic E-state index is 12.4. The number of nitrogens with one attached hydrogen (secondary N) is 2. The van der Waals surface area contributed by atoms with Crippen LogP contribution in [-0.2, 0) is 9.59 Å². The van der Waals surface area contributed by atoms with Gasteiger partial charge in [-0.3, -0.25) is 14.4 Å². The maximum Gasteiger partial charge on any atom is 0.251 e. The monoisotopic (exact) mass is 403 g/mol. The summed E-state index contributed by atoms with van der Waals surface area (Å²) in [4.78, 5) is 38.4. The van der Waals surface area contributed by atoms with Crippen LogP contribution in [0.1, 0.15) is 21.5 Å². The second-order valence-corrected chi connectivity index (χ2v) is 7.31. The molecule has 6 nitrogen and oxygen atoms in total. The molecule has 3 rings (SSSR count). The number of fused-ring (bicyclic) bond motifs is 1. The number of anilines is 1. The van der Waals surface area contributed by atoms with Gasteiger partial charge in [0.2, 0.25) is 11.8 Å². The van der Waals surface area contributed by atoms with Gasteiger partial charge < -0.3 is 15.5 Å². The highest BCUT2D eigenvalue weighted by Gasteiger charge is 2.16. The van der Waals surface area contributed by atoms with Gasteiger partial charge in [0.05, 0.1) is 13.1 Å². The molecule has 0 aliphatic heterocycles. The molecule has 0 unspecified atom stereocenters. The van der Waals surface area contributed by atoms with Gasteiger partial charge in [-0.1, -0.05) is 48.5 Å². The minimum absolute atomic E-state index is 0.0988. The van der Waals surface area contributed by atoms with Crippen molar-refractivity contribution >= 4 is 34.2 Å². The summed E-state index contributed by atoms with van der Waals surface area (Å²) in [6.45, 7) is 3.55. The highest BCUT2D eigenvalue weighted by Crippen LogP contribution is 2.19. The lowest BCUT2D eigenvalue weighted by Gasteiger charge is -2.18. The van der Waals surface area contributed by atoms with E-state index in [0.29, 0.717) is 5.56 Å². The van der Waals surface area contributed by atoms with E-state index >= 15 is 0 Å². The molecular formula is C24H25N3O3. The molecule has 30 heavy (non-hydrogen) atoms. The van der Waals surface area contributed by atoms with Crippen LogP contribution in [0.15, 0.2) is 60.7 Å². The molecule has 0 radical (unpaired) electrons. The van der Waals surface area contributed by atoms with Gasteiger partial charge in [-0.2, -0.15) is 0 Å². The average molecular weight is 403 g/mol. The van der Waals surface area contributed by atoms with Crippen molar-refractivity contribution in [2.24, 2.45) is 0 Å². The van der Waals surface area contributed by atoms with Crippen LogP contribution in [0.5, 0.6) is 0 Å². The Hall–Kier alpha value is -3.67. The number of nitrogens with zero attached hydrogens (tertiary/aromatic N) is 1. The molecule has 0 fully saturated rings. The Balaban J connectivity index is 1.53. The fraction of sp³-hybridized carbons (Fsp3) is 0.208. The van der Waals surface area contributed by atoms with Gasteiger partial charge in [-0.25, -0.2) is 0 Å². The molecule has 0 aliphatic carbocycles. The van der Waals surface area contributed by atoms with Crippen LogP contribution in [-0.4, -0.2) is 42.8 Å². The van der Waals surface area contributed by atoms with Crippen molar-refractivity contribution in [2.75, 3.05) is 25.5 Å². The molecule has 0 aromatic heterocycles. The van der Waals surface area contributed by atoms with Crippen molar-refractivity contribution in [1.82, 2.24) is 10.2 Å². The zero-order valence-corrected chi connectivity index (χ0v) is 17.4. The number of hydrogen-bond donors (Lipinski definition) is 2. The van der Waals surface area contributed by atoms with E-state index in [0.717, 1.165) is 27.6 Å². The molecule has 2 N–H and O–H groups in total. The maximum atomic E-state index is 12.4. The van der Waals surface area contributed by atoms with Crippen molar-refractivity contribution in [2.45, 2.75) is 13.8 Å². The first-order chi connectivity index (χ1) is 14.3. The summed E-state index contributed by atoms with van der Waals surface area (Å²) in [5.74, 6) is -0.965. The predicted molar refractivity (Wildman–Crippen MR) is 118 cm³/mol. The molecule has 3 aromatic carbocycles. The van der Waals surface area contributed by atoms with E-state index in [-0.39, 0.29) is 30.8 Å². The summed E-state index contributed by atoms with van der Waals surface area (Å²) >= 11 is 0. The van der Waals surface area contributed by atoms with E-state index < -0.39 is 0 Å². The van der Waals surface area contributed by atoms with Crippen molar-refractivity contribution in [3.63, 3.8) is 0 Å². The Morgan fingerprint density at radius 3 is 2.23 bits per heavy atom. The first-order valence-electron chi connectivity index (χ1n) is 9.72. The third kappa shape index (κ3) is 5.03. The SMILES string of the molecule is Cc1cccc(C)c1NC(=O)CN(C)C(=O)CNC(=O)c1ccc2ccccc2c1. The van der Waals surface area contributed by atoms with Crippen LogP contribution in [0.25, 0.3) is 10.8 Å². The first kappa shape index (κ1) is 21.0. The number of para-hydroxylation sites is 1. The van der Waals surface area contributed by atoms with E-state index in [1.807, 2.05) is 62.4 Å². The highest BCUT2D eigenvalue weighted by molar-refractivity contribution is 6.00. The van der Waals surface area contributed by atoms with E-state index in [1.54, 1.807) is 12.1 Å². The largest absolute Gasteiger partial charge is 0.343 e. The van der Waals surface area contributed by atoms with Crippen molar-refractivity contribution in [3.05, 3.63) is 77.4 Å². The van der Waals surface area contributed by atoms with Gasteiger partial charge in [0.25, 0.3) is 5.91 Å². The molecule has 154 valence electrons. The van der Waals surface area contributed by atoms with Crippen molar-refractivity contribution < 1.29 is 14.4 Å². The normalized spacial score (nSPS) is 10.5. The minimum Gasteiger partial charge on any atom is -0.343 e. The summed E-state index contributed by atoms with van der Waals surface area (Å²) in [5, 5.41) is 7.47. The van der Waals surface area contributed by atoms with Gasteiger partial charge in [-0.15, -0.1) is 0 Å². The van der Waals surface area contributed by atoms with Gasteiger partial charge in [0.1, 0.15) is 0 Å². The lowest BCUT2D eigenvalue weighted by Crippen LogP contribution is -2.41. The fourth-order valence-corrected chi connectivity index (χ4v) is 3.22. The first-order valence-corrected chi connectivity index (χ1v) is 9.72. The Kier molecular flexibility index (Phi) is 6.47. The number of likely N-dealkylation sites (N-methyl/N-ethyl adjacent to an activating group) is 1. The summed E-state index contributed by atoms with van der Waals surface area (Å²) in [6.07, 6.45) is 0. The quantitative estimate of drug-likeness (QED) is 0.663. The smallest absolute Gasteiger partial charge is 0.251 e. The zero-order valence-electron chi connectivity index (χ0n) is 17.4. The van der Waals surface area contributed by atoms with Crippen LogP contribution in [0.4, 0.5) is 5.69 Å². The lowest BCUT2D eigenvalue weighted by molar-refractivity contribution is -0.132. The molecule has 0 saturated heterocycles. The molecule has 0 saturated carbocycles. The van der Waals surface area contributed by atoms with Crippen molar-refractivity contribution in [3.8, 4) is 0 Å². The van der Waals surface area contributed by atoms with Crippen LogP contribution < -0.4 is 10.6 Å². The molecule has 3 amide bonds. The summed E-state index contributed by atoms with van der Waals surface area (Å²) in [5.41, 5.74) is 3.16. The van der Waals surface area contributed by atoms with E-state index in [9.17, 15) is 14.4 Å². The number of amides is 3. The topological polar surface area (TPSA) is 78.5 Å². The van der Waals surface area contributed by atoms with Crippen LogP contribution in [0, 0.1) is 13.8 Å². The molecule has 6 heteroatoms. The lowest BCUT2D eigenvalue weighted by atomic mass is 10.1. The third-order valence-corrected chi connectivity index (χ3v) is 4.96. The van der Waals surface area contributed by atoms with Gasteiger partial charge in [-0.05, 0) is 47.9 Å². The molecule has 0 heterocycles. The molecule has 0 atom stereocenters. The highest BCUT2D eigenvalue weighted by atomic mass is 16.2. The number of hydrogen-bond acceptors (Lipinski definition) is 3. The second kappa shape index (κ2) is 9.22. The predicted octanol–water partition coefficient (Wildman–Crippen LogP) is 3.28. The molecule has 0 bridgehead atoms. The molecule has 3 aromatic rings. The average Bonchev–Trinajstić information content (AvgIpc) is 2.74. The Bertz CT molecular complexity index is 1090. The number of carbonyl (C=O) groups excluding carboxylic acids is 3. The van der Waals surface area contributed by atoms with Gasteiger partial charge in [0, 0.05) is 18.3 Å². The molecule has 0 spiro atoms. The van der Waals surface area contributed by atoms with E-state index in [4.69, 9.17) is 0 Å². The Morgan fingerprint density at radius 2 is 1.53 bits per heavy atom. The van der Waals surface area contributed by atoms with Gasteiger partial charge >= 0.3 is 0 Å². The third-order valence-electron chi connectivity index (χ3n) is 4.96. The number of carbonyl (C=O) groups is 3. The van der Waals surface area contributed by atoms with Crippen LogP contribution >= 0.6 is 0 Å². The minimum atomic E-state index is -0.346. The number of rotatable bonds is 6. The van der Waals surface area contributed by atoms with Crippen LogP contribution in [0.3, 0.4) is 0 Å². The fourth-order valence-electron chi connectivity index (χ4n) is 3.22. The number of benzene rings is 3. The summed E-state index contributed by atoms with van der Waals surface area (Å²) < 4.78 is 0. The summed E-state index contributed by atoms with van der Waals surface area (Å²) in [6, 6.07) is 18.9. The molecule has 0 aliphatic rings. The zero-order chi connectivity index (χ0) is 21.7. The standard InChI is InChI=1S/C24H25N3O3/c1-16-7-6-8-17(2)23(16)26-21(28)15-27(3)22(29)14-25-24(30)20-12-11-18-9-4-5-10-19(18)13-20/h4-13H,14-15H2,1-3H3,(H,25,30)(H,26,28). The summed E-state index contributed by atoms with van der Waals surface area (Å²) in [7, 11) is 1.54. The van der Waals surface area contributed by atoms with E-state index in [2.05, 4.69) is 10.6 Å².